The Hall–Kier alpha value is -2.28. The fraction of sp³-hybridized carbons (Fsp3) is 0.733. The van der Waals surface area contributed by atoms with Crippen LogP contribution in [0, 0.1) is 40.4 Å². The molecule has 204 valence electrons. The molecule has 9 atom stereocenters. The largest absolute Gasteiger partial charge is 0.455 e. The number of carbonyl (C=O) groups is 4. The van der Waals surface area contributed by atoms with Crippen molar-refractivity contribution >= 4 is 23.5 Å². The van der Waals surface area contributed by atoms with Crippen molar-refractivity contribution in [2.24, 2.45) is 40.4 Å². The Morgan fingerprint density at radius 3 is 2.65 bits per heavy atom. The average molecular weight is 515 g/mol. The Bertz CT molecular complexity index is 1010. The highest BCUT2D eigenvalue weighted by Crippen LogP contribution is 2.66. The summed E-state index contributed by atoms with van der Waals surface area (Å²) in [6.45, 7) is 9.51. The van der Waals surface area contributed by atoms with Crippen molar-refractivity contribution in [1.29, 1.82) is 0 Å². The van der Waals surface area contributed by atoms with Crippen LogP contribution < -0.4 is 0 Å². The highest BCUT2D eigenvalue weighted by atomic mass is 16.6. The van der Waals surface area contributed by atoms with Gasteiger partial charge in [-0.1, -0.05) is 45.8 Å². The molecule has 0 aromatic heterocycles. The topological polar surface area (TPSA) is 107 Å². The zero-order valence-electron chi connectivity index (χ0n) is 22.8. The first-order valence-corrected chi connectivity index (χ1v) is 13.9. The fourth-order valence-electron chi connectivity index (χ4n) is 8.26. The van der Waals surface area contributed by atoms with Crippen molar-refractivity contribution in [1.82, 2.24) is 0 Å². The summed E-state index contributed by atoms with van der Waals surface area (Å²) in [4.78, 5) is 49.6. The molecule has 4 aliphatic rings. The molecule has 0 aromatic rings. The number of aliphatic hydroxyl groups is 1. The SMILES string of the molecule is CCCCC(=O)OC(C)C(=O)OCC(=O)[C@H]1CC[C@H]2[C@@H]3C[C@H](C)C4=CC(=O)C=C[C@]4(C)[C@H]3[C@@H](O)C[C@]12C. The lowest BCUT2D eigenvalue weighted by atomic mass is 9.45. The smallest absolute Gasteiger partial charge is 0.347 e. The summed E-state index contributed by atoms with van der Waals surface area (Å²) in [5.41, 5.74) is 0.374. The van der Waals surface area contributed by atoms with Gasteiger partial charge in [0.15, 0.2) is 17.7 Å². The molecule has 0 heterocycles. The zero-order valence-corrected chi connectivity index (χ0v) is 22.8. The van der Waals surface area contributed by atoms with E-state index in [0.717, 1.165) is 24.8 Å². The van der Waals surface area contributed by atoms with E-state index in [0.29, 0.717) is 19.3 Å². The summed E-state index contributed by atoms with van der Waals surface area (Å²) in [7, 11) is 0. The van der Waals surface area contributed by atoms with Crippen LogP contribution in [0.2, 0.25) is 0 Å². The molecular formula is C30H42O7. The molecule has 1 unspecified atom stereocenters. The van der Waals surface area contributed by atoms with Crippen LogP contribution in [0.4, 0.5) is 0 Å². The van der Waals surface area contributed by atoms with Gasteiger partial charge in [0.05, 0.1) is 6.10 Å². The van der Waals surface area contributed by atoms with E-state index in [1.807, 2.05) is 13.0 Å². The number of Topliss-reactive ketones (excluding diaryl/α,β-unsaturated/α-hetero) is 1. The van der Waals surface area contributed by atoms with Gasteiger partial charge in [-0.15, -0.1) is 0 Å². The van der Waals surface area contributed by atoms with Gasteiger partial charge in [-0.2, -0.15) is 0 Å². The van der Waals surface area contributed by atoms with E-state index in [1.165, 1.54) is 6.92 Å². The van der Waals surface area contributed by atoms with Gasteiger partial charge in [0, 0.05) is 23.7 Å². The van der Waals surface area contributed by atoms with Crippen molar-refractivity contribution in [3.05, 3.63) is 23.8 Å². The van der Waals surface area contributed by atoms with Crippen molar-refractivity contribution in [3.8, 4) is 0 Å². The third kappa shape index (κ3) is 4.96. The molecule has 7 heteroatoms. The summed E-state index contributed by atoms with van der Waals surface area (Å²) in [5.74, 6) is -0.825. The Labute approximate surface area is 220 Å². The normalized spacial score (nSPS) is 39.1. The first kappa shape index (κ1) is 27.7. The molecule has 7 nitrogen and oxygen atoms in total. The minimum atomic E-state index is -1.05. The second-order valence-corrected chi connectivity index (χ2v) is 12.3. The molecule has 0 spiro atoms. The average Bonchev–Trinajstić information content (AvgIpc) is 3.18. The molecular weight excluding hydrogens is 472 g/mol. The van der Waals surface area contributed by atoms with Gasteiger partial charge in [0.25, 0.3) is 0 Å². The Balaban J connectivity index is 1.43. The number of allylic oxidation sites excluding steroid dienone is 4. The molecule has 4 rings (SSSR count). The molecule has 0 bridgehead atoms. The van der Waals surface area contributed by atoms with Crippen molar-refractivity contribution in [3.63, 3.8) is 0 Å². The quantitative estimate of drug-likeness (QED) is 0.480. The number of ether oxygens (including phenoxy) is 2. The number of carbonyl (C=O) groups excluding carboxylic acids is 4. The van der Waals surface area contributed by atoms with E-state index in [-0.39, 0.29) is 65.0 Å². The maximum atomic E-state index is 13.3. The summed E-state index contributed by atoms with van der Waals surface area (Å²) >= 11 is 0. The lowest BCUT2D eigenvalue weighted by molar-refractivity contribution is -0.168. The molecule has 4 aliphatic carbocycles. The predicted molar refractivity (Wildman–Crippen MR) is 137 cm³/mol. The number of hydrogen-bond donors (Lipinski definition) is 1. The van der Waals surface area contributed by atoms with Crippen LogP contribution in [0.3, 0.4) is 0 Å². The van der Waals surface area contributed by atoms with Crippen LogP contribution in [0.1, 0.15) is 79.6 Å². The first-order valence-electron chi connectivity index (χ1n) is 13.9. The first-order chi connectivity index (χ1) is 17.4. The van der Waals surface area contributed by atoms with E-state index in [2.05, 4.69) is 20.8 Å². The van der Waals surface area contributed by atoms with E-state index in [9.17, 15) is 24.3 Å². The number of esters is 2. The molecule has 37 heavy (non-hydrogen) atoms. The maximum absolute atomic E-state index is 13.3. The lowest BCUT2D eigenvalue weighted by Gasteiger charge is -2.60. The van der Waals surface area contributed by atoms with Gasteiger partial charge in [-0.05, 0) is 74.3 Å². The van der Waals surface area contributed by atoms with E-state index in [1.54, 1.807) is 12.2 Å². The third-order valence-electron chi connectivity index (χ3n) is 9.93. The van der Waals surface area contributed by atoms with Gasteiger partial charge in [0.1, 0.15) is 6.61 Å². The van der Waals surface area contributed by atoms with Crippen LogP contribution in [0.25, 0.3) is 0 Å². The summed E-state index contributed by atoms with van der Waals surface area (Å²) in [6.07, 6.45) is 8.54. The van der Waals surface area contributed by atoms with Gasteiger partial charge < -0.3 is 14.6 Å². The predicted octanol–water partition coefficient (Wildman–Crippen LogP) is 4.36. The minimum Gasteiger partial charge on any atom is -0.455 e. The van der Waals surface area contributed by atoms with E-state index < -0.39 is 24.1 Å². The molecule has 0 aliphatic heterocycles. The number of rotatable bonds is 8. The van der Waals surface area contributed by atoms with Gasteiger partial charge in [0.2, 0.25) is 0 Å². The number of hydrogen-bond acceptors (Lipinski definition) is 7. The van der Waals surface area contributed by atoms with Crippen LogP contribution in [-0.4, -0.2) is 47.4 Å². The summed E-state index contributed by atoms with van der Waals surface area (Å²) < 4.78 is 10.4. The van der Waals surface area contributed by atoms with Crippen molar-refractivity contribution in [2.75, 3.05) is 6.61 Å². The summed E-state index contributed by atoms with van der Waals surface area (Å²) in [5, 5.41) is 11.5. The molecule has 0 radical (unpaired) electrons. The summed E-state index contributed by atoms with van der Waals surface area (Å²) in [6, 6.07) is 0. The molecule has 3 fully saturated rings. The van der Waals surface area contributed by atoms with Gasteiger partial charge in [-0.3, -0.25) is 14.4 Å². The molecule has 0 aromatic carbocycles. The second-order valence-electron chi connectivity index (χ2n) is 12.3. The van der Waals surface area contributed by atoms with E-state index >= 15 is 0 Å². The Morgan fingerprint density at radius 2 is 1.95 bits per heavy atom. The number of fused-ring (bicyclic) bond motifs is 5. The Kier molecular flexibility index (Phi) is 7.85. The Morgan fingerprint density at radius 1 is 1.22 bits per heavy atom. The third-order valence-corrected chi connectivity index (χ3v) is 9.93. The van der Waals surface area contributed by atoms with Crippen LogP contribution in [-0.2, 0) is 28.7 Å². The zero-order chi connectivity index (χ0) is 27.1. The highest BCUT2D eigenvalue weighted by molar-refractivity contribution is 6.01. The molecule has 0 saturated heterocycles. The van der Waals surface area contributed by atoms with Gasteiger partial charge >= 0.3 is 11.9 Å². The van der Waals surface area contributed by atoms with Crippen molar-refractivity contribution in [2.45, 2.75) is 91.8 Å². The molecule has 3 saturated carbocycles. The van der Waals surface area contributed by atoms with Crippen molar-refractivity contribution < 1.29 is 33.8 Å². The lowest BCUT2D eigenvalue weighted by Crippen LogP contribution is -2.57. The highest BCUT2D eigenvalue weighted by Gasteiger charge is 2.63. The number of ketones is 2. The number of aliphatic hydroxyl groups excluding tert-OH is 1. The van der Waals surface area contributed by atoms with Crippen LogP contribution in [0.5, 0.6) is 0 Å². The number of unbranched alkanes of at least 4 members (excludes halogenated alkanes) is 1. The molecule has 1 N–H and O–H groups in total. The fourth-order valence-corrected chi connectivity index (χ4v) is 8.26. The molecule has 0 amide bonds. The van der Waals surface area contributed by atoms with Gasteiger partial charge in [-0.25, -0.2) is 4.79 Å². The monoisotopic (exact) mass is 514 g/mol. The maximum Gasteiger partial charge on any atom is 0.347 e. The van der Waals surface area contributed by atoms with E-state index in [4.69, 9.17) is 9.47 Å². The van der Waals surface area contributed by atoms with Crippen LogP contribution in [0.15, 0.2) is 23.8 Å². The standard InChI is InChI=1S/C30H42O7/c1-6-7-8-26(34)37-18(3)28(35)36-16-25(33)22-10-9-21-20-13-17(2)23-14-19(31)11-12-29(23,4)27(20)24(32)15-30(21,22)5/h11-12,14,17-18,20-22,24,27,32H,6-10,13,15-16H2,1-5H3/t17-,18?,20-,21-,22+,24-,27+,29-,30-/m0/s1. The van der Waals surface area contributed by atoms with Crippen LogP contribution >= 0.6 is 0 Å². The second kappa shape index (κ2) is 10.5. The minimum absolute atomic E-state index is 0.00676.